The van der Waals surface area contributed by atoms with Gasteiger partial charge in [-0.25, -0.2) is 8.42 Å². The average Bonchev–Trinajstić information content (AvgIpc) is 3.25. The summed E-state index contributed by atoms with van der Waals surface area (Å²) in [5.74, 6) is -0.0391. The molecule has 0 radical (unpaired) electrons. The topological polar surface area (TPSA) is 93.9 Å². The monoisotopic (exact) mass is 459 g/mol. The molecule has 160 valence electrons. The van der Waals surface area contributed by atoms with Gasteiger partial charge >= 0.3 is 0 Å². The number of nitrogens with zero attached hydrogens (tertiary/aromatic N) is 1. The summed E-state index contributed by atoms with van der Waals surface area (Å²) in [5, 5.41) is 0.655. The Bertz CT molecular complexity index is 1380. The number of halogens is 1. The van der Waals surface area contributed by atoms with Crippen LogP contribution >= 0.6 is 11.6 Å². The molecule has 0 N–H and O–H groups in total. The van der Waals surface area contributed by atoms with Gasteiger partial charge in [0.05, 0.1) is 35.6 Å². The molecule has 0 bridgehead atoms. The van der Waals surface area contributed by atoms with E-state index in [1.165, 1.54) is 11.0 Å². The van der Waals surface area contributed by atoms with Gasteiger partial charge in [0.2, 0.25) is 5.76 Å². The van der Waals surface area contributed by atoms with E-state index in [1.807, 2.05) is 0 Å². The molecule has 0 aliphatic carbocycles. The first kappa shape index (κ1) is 20.1. The maximum Gasteiger partial charge on any atom is 0.291 e. The van der Waals surface area contributed by atoms with Crippen molar-refractivity contribution >= 4 is 38.3 Å². The number of rotatable bonds is 3. The summed E-state index contributed by atoms with van der Waals surface area (Å²) in [4.78, 5) is 28.4. The van der Waals surface area contributed by atoms with Crippen LogP contribution in [0.5, 0.6) is 5.75 Å². The SMILES string of the molecule is COc1ccc(C2c3c(oc4ccc(Cl)cc4c3=O)C(=O)N2C2CCS(=O)(=O)C2)cc1. The molecular weight excluding hydrogens is 442 g/mol. The molecule has 0 spiro atoms. The van der Waals surface area contributed by atoms with Gasteiger partial charge in [0.25, 0.3) is 5.91 Å². The molecule has 5 rings (SSSR count). The minimum atomic E-state index is -3.25. The summed E-state index contributed by atoms with van der Waals surface area (Å²) in [6.07, 6.45) is 0.314. The van der Waals surface area contributed by atoms with E-state index < -0.39 is 27.8 Å². The fourth-order valence-electron chi connectivity index (χ4n) is 4.45. The first-order valence-electron chi connectivity index (χ1n) is 9.72. The third-order valence-corrected chi connectivity index (χ3v) is 7.89. The lowest BCUT2D eigenvalue weighted by Gasteiger charge is -2.30. The van der Waals surface area contributed by atoms with E-state index in [0.29, 0.717) is 22.8 Å². The quantitative estimate of drug-likeness (QED) is 0.597. The third-order valence-electron chi connectivity index (χ3n) is 5.90. The number of fused-ring (bicyclic) bond motifs is 2. The van der Waals surface area contributed by atoms with Gasteiger partial charge in [-0.1, -0.05) is 23.7 Å². The van der Waals surface area contributed by atoms with E-state index in [9.17, 15) is 18.0 Å². The van der Waals surface area contributed by atoms with Gasteiger partial charge in [0, 0.05) is 11.1 Å². The molecule has 1 saturated heterocycles. The Morgan fingerprint density at radius 3 is 2.52 bits per heavy atom. The maximum absolute atomic E-state index is 13.5. The fraction of sp³-hybridized carbons (Fsp3) is 0.273. The minimum Gasteiger partial charge on any atom is -0.497 e. The third kappa shape index (κ3) is 3.21. The largest absolute Gasteiger partial charge is 0.497 e. The van der Waals surface area contributed by atoms with Crippen LogP contribution in [0.15, 0.2) is 51.7 Å². The van der Waals surface area contributed by atoms with Crippen molar-refractivity contribution in [3.05, 3.63) is 74.6 Å². The molecule has 1 fully saturated rings. The highest BCUT2D eigenvalue weighted by Crippen LogP contribution is 2.41. The van der Waals surface area contributed by atoms with E-state index >= 15 is 0 Å². The van der Waals surface area contributed by atoms with E-state index in [0.717, 1.165) is 0 Å². The predicted molar refractivity (Wildman–Crippen MR) is 116 cm³/mol. The lowest BCUT2D eigenvalue weighted by Crippen LogP contribution is -2.40. The van der Waals surface area contributed by atoms with E-state index in [4.69, 9.17) is 20.8 Å². The van der Waals surface area contributed by atoms with Crippen molar-refractivity contribution in [2.75, 3.05) is 18.6 Å². The summed E-state index contributed by atoms with van der Waals surface area (Å²) in [6, 6.07) is 10.4. The summed E-state index contributed by atoms with van der Waals surface area (Å²) in [7, 11) is -1.71. The first-order valence-corrected chi connectivity index (χ1v) is 11.9. The van der Waals surface area contributed by atoms with Crippen LogP contribution in [0.25, 0.3) is 11.0 Å². The zero-order valence-electron chi connectivity index (χ0n) is 16.5. The molecule has 2 aromatic carbocycles. The van der Waals surface area contributed by atoms with Crippen LogP contribution in [0, 0.1) is 0 Å². The van der Waals surface area contributed by atoms with Crippen LogP contribution in [-0.2, 0) is 9.84 Å². The van der Waals surface area contributed by atoms with Crippen LogP contribution < -0.4 is 10.2 Å². The van der Waals surface area contributed by atoms with Gasteiger partial charge in [0.1, 0.15) is 11.3 Å². The second kappa shape index (κ2) is 7.10. The highest BCUT2D eigenvalue weighted by atomic mass is 35.5. The van der Waals surface area contributed by atoms with E-state index in [1.54, 1.807) is 43.5 Å². The molecule has 2 aliphatic heterocycles. The van der Waals surface area contributed by atoms with Crippen molar-refractivity contribution in [3.63, 3.8) is 0 Å². The van der Waals surface area contributed by atoms with Crippen LogP contribution in [0.3, 0.4) is 0 Å². The molecule has 3 aromatic rings. The first-order chi connectivity index (χ1) is 14.8. The van der Waals surface area contributed by atoms with Crippen molar-refractivity contribution in [1.29, 1.82) is 0 Å². The number of methoxy groups -OCH3 is 1. The number of hydrogen-bond acceptors (Lipinski definition) is 6. The van der Waals surface area contributed by atoms with Gasteiger partial charge in [-0.05, 0) is 42.3 Å². The predicted octanol–water partition coefficient (Wildman–Crippen LogP) is 3.19. The van der Waals surface area contributed by atoms with Gasteiger partial charge in [-0.2, -0.15) is 0 Å². The molecule has 2 unspecified atom stereocenters. The smallest absolute Gasteiger partial charge is 0.291 e. The van der Waals surface area contributed by atoms with Crippen molar-refractivity contribution in [2.45, 2.75) is 18.5 Å². The molecule has 31 heavy (non-hydrogen) atoms. The number of hydrogen-bond donors (Lipinski definition) is 0. The highest BCUT2D eigenvalue weighted by molar-refractivity contribution is 7.91. The minimum absolute atomic E-state index is 0.00603. The Balaban J connectivity index is 1.75. The van der Waals surface area contributed by atoms with Gasteiger partial charge < -0.3 is 14.1 Å². The van der Waals surface area contributed by atoms with Crippen molar-refractivity contribution in [1.82, 2.24) is 4.90 Å². The van der Waals surface area contributed by atoms with Crippen LogP contribution in [0.1, 0.15) is 34.1 Å². The van der Waals surface area contributed by atoms with Gasteiger partial charge in [-0.3, -0.25) is 9.59 Å². The molecule has 7 nitrogen and oxygen atoms in total. The van der Waals surface area contributed by atoms with Crippen molar-refractivity contribution < 1.29 is 22.4 Å². The van der Waals surface area contributed by atoms with Gasteiger partial charge in [0.15, 0.2) is 15.3 Å². The van der Waals surface area contributed by atoms with Crippen LogP contribution in [0.2, 0.25) is 5.02 Å². The van der Waals surface area contributed by atoms with Crippen LogP contribution in [-0.4, -0.2) is 43.9 Å². The number of carbonyl (C=O) groups excluding carboxylic acids is 1. The van der Waals surface area contributed by atoms with Crippen LogP contribution in [0.4, 0.5) is 0 Å². The second-order valence-corrected chi connectivity index (χ2v) is 10.4. The molecule has 1 aromatic heterocycles. The molecule has 9 heteroatoms. The second-order valence-electron chi connectivity index (χ2n) is 7.76. The summed E-state index contributed by atoms with van der Waals surface area (Å²) < 4.78 is 35.4. The number of benzene rings is 2. The molecule has 1 amide bonds. The molecule has 2 atom stereocenters. The van der Waals surface area contributed by atoms with E-state index in [2.05, 4.69) is 0 Å². The summed E-state index contributed by atoms with van der Waals surface area (Å²) in [6.45, 7) is 0. The van der Waals surface area contributed by atoms with E-state index in [-0.39, 0.29) is 39.2 Å². The molecule has 3 heterocycles. The zero-order chi connectivity index (χ0) is 21.9. The van der Waals surface area contributed by atoms with Gasteiger partial charge in [-0.15, -0.1) is 0 Å². The summed E-state index contributed by atoms with van der Waals surface area (Å²) in [5.41, 5.74) is 0.784. The lowest BCUT2D eigenvalue weighted by atomic mass is 9.97. The number of carbonyl (C=O) groups is 1. The lowest BCUT2D eigenvalue weighted by molar-refractivity contribution is 0.0662. The molecule has 0 saturated carbocycles. The molecule has 2 aliphatic rings. The number of ether oxygens (including phenoxy) is 1. The van der Waals surface area contributed by atoms with Crippen molar-refractivity contribution in [2.24, 2.45) is 0 Å². The Morgan fingerprint density at radius 2 is 1.87 bits per heavy atom. The Hall–Kier alpha value is -2.84. The Labute approximate surface area is 183 Å². The fourth-order valence-corrected chi connectivity index (χ4v) is 6.33. The van der Waals surface area contributed by atoms with Crippen molar-refractivity contribution in [3.8, 4) is 5.75 Å². The average molecular weight is 460 g/mol. The number of amides is 1. The standard InChI is InChI=1S/C22H18ClNO6S/c1-29-15-5-2-12(3-6-15)19-18-20(25)16-10-13(23)4-7-17(16)30-21(18)22(26)24(19)14-8-9-31(27,28)11-14/h2-7,10,14,19H,8-9,11H2,1H3. The Kier molecular flexibility index (Phi) is 4.60. The normalized spacial score (nSPS) is 22.1. The molecular formula is C22H18ClNO6S. The zero-order valence-corrected chi connectivity index (χ0v) is 18.1. The Morgan fingerprint density at radius 1 is 1.13 bits per heavy atom. The maximum atomic E-state index is 13.5. The summed E-state index contributed by atoms with van der Waals surface area (Å²) >= 11 is 6.08. The number of sulfone groups is 1. The highest BCUT2D eigenvalue weighted by Gasteiger charge is 2.48.